The topological polar surface area (TPSA) is 93.1 Å². The summed E-state index contributed by atoms with van der Waals surface area (Å²) >= 11 is 0. The normalized spacial score (nSPS) is 10.8. The van der Waals surface area contributed by atoms with Crippen molar-refractivity contribution in [2.75, 3.05) is 10.6 Å². The number of nitrogens with one attached hydrogen (secondary N) is 2. The Morgan fingerprint density at radius 2 is 1.72 bits per heavy atom. The van der Waals surface area contributed by atoms with Gasteiger partial charge < -0.3 is 10.6 Å². The predicted molar refractivity (Wildman–Crippen MR) is 127 cm³/mol. The monoisotopic (exact) mass is 432 g/mol. The highest BCUT2D eigenvalue weighted by Crippen LogP contribution is 2.24. The second-order valence-electron chi connectivity index (χ2n) is 7.99. The second-order valence-corrected chi connectivity index (χ2v) is 7.99. The van der Waals surface area contributed by atoms with Crippen molar-refractivity contribution in [1.82, 2.24) is 9.78 Å². The molecule has 0 aliphatic rings. The first-order valence-electron chi connectivity index (χ1n) is 10.7. The van der Waals surface area contributed by atoms with Gasteiger partial charge in [-0.25, -0.2) is 4.68 Å². The Morgan fingerprint density at radius 1 is 1.00 bits per heavy atom. The molecule has 1 aromatic heterocycles. The van der Waals surface area contributed by atoms with E-state index < -0.39 is 0 Å². The lowest BCUT2D eigenvalue weighted by molar-refractivity contribution is -0.119. The number of hydrogen-bond acceptors (Lipinski definition) is 4. The summed E-state index contributed by atoms with van der Waals surface area (Å²) < 4.78 is 1.14. The van der Waals surface area contributed by atoms with Crippen molar-refractivity contribution in [2.45, 2.75) is 40.7 Å². The van der Waals surface area contributed by atoms with Gasteiger partial charge in [0.15, 0.2) is 0 Å². The van der Waals surface area contributed by atoms with E-state index in [0.29, 0.717) is 17.1 Å². The molecule has 0 saturated heterocycles. The van der Waals surface area contributed by atoms with Crippen molar-refractivity contribution >= 4 is 23.2 Å². The van der Waals surface area contributed by atoms with Crippen molar-refractivity contribution in [3.63, 3.8) is 0 Å². The van der Waals surface area contributed by atoms with E-state index in [0.717, 1.165) is 22.2 Å². The number of carbonyl (C=O) groups is 2. The molecule has 2 amide bonds. The van der Waals surface area contributed by atoms with E-state index in [1.807, 2.05) is 63.2 Å². The highest BCUT2D eigenvalue weighted by atomic mass is 16.2. The average Bonchev–Trinajstić information content (AvgIpc) is 2.77. The lowest BCUT2D eigenvalue weighted by Gasteiger charge is -2.13. The van der Waals surface area contributed by atoms with E-state index in [1.54, 1.807) is 6.07 Å². The van der Waals surface area contributed by atoms with Gasteiger partial charge in [-0.15, -0.1) is 0 Å². The Hall–Kier alpha value is -3.74. The highest BCUT2D eigenvalue weighted by molar-refractivity contribution is 5.93. The SMILES string of the molecule is CCc1ccc(NC(=O)Cn2nc(-c3ccc(C)c(NC(=O)C(C)C)c3)ccc2=O)cc1. The Bertz CT molecular complexity index is 1180. The largest absolute Gasteiger partial charge is 0.326 e. The highest BCUT2D eigenvalue weighted by Gasteiger charge is 2.12. The molecule has 32 heavy (non-hydrogen) atoms. The molecule has 0 spiro atoms. The molecule has 1 heterocycles. The van der Waals surface area contributed by atoms with Gasteiger partial charge in [-0.3, -0.25) is 14.4 Å². The summed E-state index contributed by atoms with van der Waals surface area (Å²) in [6, 6.07) is 16.1. The molecule has 2 N–H and O–H groups in total. The third-order valence-electron chi connectivity index (χ3n) is 5.12. The Kier molecular flexibility index (Phi) is 7.20. The van der Waals surface area contributed by atoms with E-state index in [1.165, 1.54) is 11.6 Å². The van der Waals surface area contributed by atoms with Gasteiger partial charge in [0.25, 0.3) is 5.56 Å². The van der Waals surface area contributed by atoms with Crippen LogP contribution in [0.5, 0.6) is 0 Å². The molecule has 2 aromatic carbocycles. The third-order valence-corrected chi connectivity index (χ3v) is 5.12. The summed E-state index contributed by atoms with van der Waals surface area (Å²) in [5.74, 6) is -0.559. The number of aromatic nitrogens is 2. The number of amides is 2. The van der Waals surface area contributed by atoms with Gasteiger partial charge in [-0.2, -0.15) is 5.10 Å². The maximum Gasteiger partial charge on any atom is 0.267 e. The van der Waals surface area contributed by atoms with E-state index in [4.69, 9.17) is 0 Å². The minimum absolute atomic E-state index is 0.0770. The van der Waals surface area contributed by atoms with Crippen LogP contribution >= 0.6 is 0 Å². The zero-order valence-corrected chi connectivity index (χ0v) is 18.8. The molecule has 0 fully saturated rings. The van der Waals surface area contributed by atoms with Crippen LogP contribution in [0, 0.1) is 12.8 Å². The molecule has 0 atom stereocenters. The fourth-order valence-electron chi connectivity index (χ4n) is 3.07. The molecule has 0 aliphatic carbocycles. The molecule has 166 valence electrons. The van der Waals surface area contributed by atoms with Crippen LogP contribution in [0.3, 0.4) is 0 Å². The quantitative estimate of drug-likeness (QED) is 0.590. The van der Waals surface area contributed by atoms with Crippen LogP contribution in [-0.2, 0) is 22.6 Å². The van der Waals surface area contributed by atoms with Crippen LogP contribution in [-0.4, -0.2) is 21.6 Å². The first-order chi connectivity index (χ1) is 15.3. The van der Waals surface area contributed by atoms with Gasteiger partial charge >= 0.3 is 0 Å². The molecule has 0 aliphatic heterocycles. The summed E-state index contributed by atoms with van der Waals surface area (Å²) in [6.45, 7) is 7.43. The van der Waals surface area contributed by atoms with Gasteiger partial charge in [0.05, 0.1) is 5.69 Å². The average molecular weight is 433 g/mol. The fourth-order valence-corrected chi connectivity index (χ4v) is 3.07. The van der Waals surface area contributed by atoms with Crippen molar-refractivity contribution in [3.8, 4) is 11.3 Å². The maximum atomic E-state index is 12.5. The van der Waals surface area contributed by atoms with E-state index in [2.05, 4.69) is 22.7 Å². The van der Waals surface area contributed by atoms with Gasteiger partial charge in [-0.1, -0.05) is 45.0 Å². The van der Waals surface area contributed by atoms with Gasteiger partial charge in [0, 0.05) is 28.9 Å². The van der Waals surface area contributed by atoms with Crippen molar-refractivity contribution < 1.29 is 9.59 Å². The summed E-state index contributed by atoms with van der Waals surface area (Å²) in [6.07, 6.45) is 0.919. The number of nitrogens with zero attached hydrogens (tertiary/aromatic N) is 2. The van der Waals surface area contributed by atoms with Gasteiger partial charge in [0.2, 0.25) is 11.8 Å². The van der Waals surface area contributed by atoms with Crippen molar-refractivity contribution in [2.24, 2.45) is 5.92 Å². The first-order valence-corrected chi connectivity index (χ1v) is 10.7. The van der Waals surface area contributed by atoms with E-state index in [9.17, 15) is 14.4 Å². The summed E-state index contributed by atoms with van der Waals surface area (Å²) in [5.41, 5.74) is 4.35. The first kappa shape index (κ1) is 22.9. The molecule has 0 bridgehead atoms. The molecular formula is C25H28N4O3. The Labute approximate surface area is 187 Å². The number of rotatable bonds is 7. The lowest BCUT2D eigenvalue weighted by atomic mass is 10.1. The standard InChI is InChI=1S/C25H28N4O3/c1-5-18-7-10-20(11-8-18)26-23(30)15-29-24(31)13-12-21(28-29)19-9-6-17(4)22(14-19)27-25(32)16(2)3/h6-14,16H,5,15H2,1-4H3,(H,26,30)(H,27,32). The number of carbonyl (C=O) groups excluding carboxylic acids is 2. The maximum absolute atomic E-state index is 12.5. The number of anilines is 2. The molecule has 3 aromatic rings. The predicted octanol–water partition coefficient (Wildman–Crippen LogP) is 4.01. The Balaban J connectivity index is 1.80. The molecule has 0 saturated carbocycles. The van der Waals surface area contributed by atoms with Crippen LogP contribution in [0.4, 0.5) is 11.4 Å². The van der Waals surface area contributed by atoms with E-state index >= 15 is 0 Å². The van der Waals surface area contributed by atoms with Crippen LogP contribution in [0.15, 0.2) is 59.4 Å². The molecule has 7 nitrogen and oxygen atoms in total. The molecular weight excluding hydrogens is 404 g/mol. The minimum Gasteiger partial charge on any atom is -0.326 e. The van der Waals surface area contributed by atoms with Crippen LogP contribution in [0.25, 0.3) is 11.3 Å². The van der Waals surface area contributed by atoms with Gasteiger partial charge in [-0.05, 0) is 48.7 Å². The molecule has 7 heteroatoms. The fraction of sp³-hybridized carbons (Fsp3) is 0.280. The van der Waals surface area contributed by atoms with Crippen molar-refractivity contribution in [1.29, 1.82) is 0 Å². The zero-order chi connectivity index (χ0) is 23.3. The molecule has 0 unspecified atom stereocenters. The van der Waals surface area contributed by atoms with Crippen LogP contribution in [0.2, 0.25) is 0 Å². The summed E-state index contributed by atoms with van der Waals surface area (Å²) in [4.78, 5) is 36.8. The molecule has 3 rings (SSSR count). The number of hydrogen-bond donors (Lipinski definition) is 2. The second kappa shape index (κ2) is 10.0. The smallest absolute Gasteiger partial charge is 0.267 e. The zero-order valence-electron chi connectivity index (χ0n) is 18.8. The summed E-state index contributed by atoms with van der Waals surface area (Å²) in [5, 5.41) is 10.1. The van der Waals surface area contributed by atoms with Crippen LogP contribution < -0.4 is 16.2 Å². The summed E-state index contributed by atoms with van der Waals surface area (Å²) in [7, 11) is 0. The number of aryl methyl sites for hydroxylation is 2. The third kappa shape index (κ3) is 5.69. The van der Waals surface area contributed by atoms with Crippen molar-refractivity contribution in [3.05, 3.63) is 76.1 Å². The minimum atomic E-state index is -0.370. The van der Waals surface area contributed by atoms with Gasteiger partial charge in [0.1, 0.15) is 6.54 Å². The van der Waals surface area contributed by atoms with Crippen LogP contribution in [0.1, 0.15) is 31.9 Å². The Morgan fingerprint density at radius 3 is 2.38 bits per heavy atom. The van der Waals surface area contributed by atoms with E-state index in [-0.39, 0.29) is 29.8 Å². The molecule has 0 radical (unpaired) electrons. The lowest BCUT2D eigenvalue weighted by Crippen LogP contribution is -2.29. The number of benzene rings is 2.